The van der Waals surface area contributed by atoms with E-state index in [9.17, 15) is 13.5 Å². The van der Waals surface area contributed by atoms with Crippen molar-refractivity contribution in [1.29, 1.82) is 0 Å². The second kappa shape index (κ2) is 5.44. The van der Waals surface area contributed by atoms with Gasteiger partial charge in [0.2, 0.25) is 10.0 Å². The summed E-state index contributed by atoms with van der Waals surface area (Å²) < 4.78 is 24.3. The molecular formula is C8H18BrNO3S. The van der Waals surface area contributed by atoms with Crippen LogP contribution in [0.3, 0.4) is 0 Å². The summed E-state index contributed by atoms with van der Waals surface area (Å²) in [6.07, 6.45) is 0.567. The predicted molar refractivity (Wildman–Crippen MR) is 60.8 cm³/mol. The number of alkyl halides is 1. The molecule has 0 heterocycles. The van der Waals surface area contributed by atoms with Gasteiger partial charge in [0.25, 0.3) is 0 Å². The lowest BCUT2D eigenvalue weighted by Gasteiger charge is -2.25. The van der Waals surface area contributed by atoms with Crippen molar-refractivity contribution in [3.63, 3.8) is 0 Å². The molecule has 1 atom stereocenters. The Labute approximate surface area is 94.3 Å². The van der Waals surface area contributed by atoms with Crippen LogP contribution in [-0.2, 0) is 10.0 Å². The number of hydrogen-bond donors (Lipinski definition) is 2. The molecule has 0 bridgehead atoms. The number of nitrogens with one attached hydrogen (secondary N) is 1. The number of sulfonamides is 1. The molecule has 86 valence electrons. The van der Waals surface area contributed by atoms with Gasteiger partial charge in [-0.3, -0.25) is 0 Å². The quantitative estimate of drug-likeness (QED) is 0.718. The molecule has 0 aliphatic rings. The summed E-state index contributed by atoms with van der Waals surface area (Å²) in [7, 11) is -3.28. The Bertz CT molecular complexity index is 262. The van der Waals surface area contributed by atoms with Gasteiger partial charge in [-0.05, 0) is 19.3 Å². The molecule has 0 amide bonds. The lowest BCUT2D eigenvalue weighted by molar-refractivity contribution is 0.0437. The van der Waals surface area contributed by atoms with E-state index < -0.39 is 15.6 Å². The van der Waals surface area contributed by atoms with Gasteiger partial charge in [-0.25, -0.2) is 13.1 Å². The highest BCUT2D eigenvalue weighted by atomic mass is 79.9. The third-order valence-electron chi connectivity index (χ3n) is 1.66. The van der Waals surface area contributed by atoms with Crippen LogP contribution in [-0.4, -0.2) is 30.3 Å². The fraction of sp³-hybridized carbons (Fsp3) is 1.00. The summed E-state index contributed by atoms with van der Waals surface area (Å²) in [6.45, 7) is 5.64. The topological polar surface area (TPSA) is 66.4 Å². The van der Waals surface area contributed by atoms with Crippen molar-refractivity contribution in [1.82, 2.24) is 4.72 Å². The fourth-order valence-corrected chi connectivity index (χ4v) is 2.35. The number of aliphatic hydroxyl groups is 1. The van der Waals surface area contributed by atoms with E-state index in [2.05, 4.69) is 20.7 Å². The highest BCUT2D eigenvalue weighted by Gasteiger charge is 2.23. The van der Waals surface area contributed by atoms with Crippen LogP contribution in [0.4, 0.5) is 0 Å². The highest BCUT2D eigenvalue weighted by Crippen LogP contribution is 2.15. The molecule has 0 spiro atoms. The van der Waals surface area contributed by atoms with E-state index in [1.807, 2.05) is 13.8 Å². The molecule has 4 nitrogen and oxygen atoms in total. The van der Waals surface area contributed by atoms with Crippen LogP contribution < -0.4 is 4.72 Å². The number of hydrogen-bond acceptors (Lipinski definition) is 3. The molecule has 0 rings (SSSR count). The summed E-state index contributed by atoms with van der Waals surface area (Å²) in [6, 6.07) is 0. The molecule has 0 aromatic heterocycles. The lowest BCUT2D eigenvalue weighted by Crippen LogP contribution is -2.41. The van der Waals surface area contributed by atoms with Crippen LogP contribution >= 0.6 is 15.9 Å². The van der Waals surface area contributed by atoms with Crippen molar-refractivity contribution in [2.75, 3.05) is 11.2 Å². The molecule has 6 heteroatoms. The monoisotopic (exact) mass is 287 g/mol. The van der Waals surface area contributed by atoms with Crippen LogP contribution in [0.1, 0.15) is 27.2 Å². The second-order valence-electron chi connectivity index (χ2n) is 4.14. The largest absolute Gasteiger partial charge is 0.389 e. The van der Waals surface area contributed by atoms with Crippen molar-refractivity contribution in [3.05, 3.63) is 0 Å². The van der Waals surface area contributed by atoms with Crippen LogP contribution in [0, 0.1) is 5.92 Å². The van der Waals surface area contributed by atoms with E-state index >= 15 is 0 Å². The van der Waals surface area contributed by atoms with Gasteiger partial charge in [-0.1, -0.05) is 29.8 Å². The molecule has 1 unspecified atom stereocenters. The van der Waals surface area contributed by atoms with Crippen molar-refractivity contribution >= 4 is 26.0 Å². The van der Waals surface area contributed by atoms with Gasteiger partial charge in [0.15, 0.2) is 0 Å². The molecule has 0 saturated carbocycles. The molecular weight excluding hydrogens is 270 g/mol. The van der Waals surface area contributed by atoms with Gasteiger partial charge >= 0.3 is 0 Å². The van der Waals surface area contributed by atoms with Gasteiger partial charge in [0.05, 0.1) is 5.60 Å². The highest BCUT2D eigenvalue weighted by molar-refractivity contribution is 9.10. The molecule has 0 aliphatic heterocycles. The van der Waals surface area contributed by atoms with Crippen molar-refractivity contribution < 1.29 is 13.5 Å². The van der Waals surface area contributed by atoms with Gasteiger partial charge < -0.3 is 5.11 Å². The Morgan fingerprint density at radius 1 is 1.50 bits per heavy atom. The minimum absolute atomic E-state index is 0.0547. The third kappa shape index (κ3) is 6.75. The normalized spacial score (nSPS) is 17.0. The lowest BCUT2D eigenvalue weighted by atomic mass is 9.95. The first-order chi connectivity index (χ1) is 6.18. The first kappa shape index (κ1) is 14.3. The Morgan fingerprint density at radius 3 is 2.36 bits per heavy atom. The Balaban J connectivity index is 4.12. The van der Waals surface area contributed by atoms with E-state index in [0.717, 1.165) is 0 Å². The van der Waals surface area contributed by atoms with E-state index in [-0.39, 0.29) is 11.2 Å². The molecule has 0 aliphatic carbocycles. The summed E-state index contributed by atoms with van der Waals surface area (Å²) >= 11 is 2.86. The van der Waals surface area contributed by atoms with Crippen LogP contribution in [0.25, 0.3) is 0 Å². The summed E-state index contributed by atoms with van der Waals surface area (Å²) in [5.41, 5.74) is -0.983. The Kier molecular flexibility index (Phi) is 5.57. The average molecular weight is 288 g/mol. The zero-order chi connectivity index (χ0) is 11.4. The first-order valence-electron chi connectivity index (χ1n) is 4.44. The fourth-order valence-electron chi connectivity index (χ4n) is 1.26. The van der Waals surface area contributed by atoms with E-state index in [4.69, 9.17) is 0 Å². The van der Waals surface area contributed by atoms with Gasteiger partial charge in [-0.2, -0.15) is 0 Å². The Morgan fingerprint density at radius 2 is 2.00 bits per heavy atom. The smallest absolute Gasteiger partial charge is 0.221 e. The standard InChI is InChI=1S/C8H18BrNO3S/c1-7(2)4-8(3,11)5-10-14(12,13)6-9/h7,10-11H,4-6H2,1-3H3. The maximum absolute atomic E-state index is 11.1. The molecule has 2 N–H and O–H groups in total. The summed E-state index contributed by atoms with van der Waals surface area (Å²) in [5.74, 6) is 0.332. The SMILES string of the molecule is CC(C)CC(C)(O)CNS(=O)(=O)CBr. The molecule has 0 aromatic carbocycles. The van der Waals surface area contributed by atoms with Crippen LogP contribution in [0.2, 0.25) is 0 Å². The zero-order valence-corrected chi connectivity index (χ0v) is 11.2. The van der Waals surface area contributed by atoms with Gasteiger partial charge in [0, 0.05) is 6.54 Å². The molecule has 14 heavy (non-hydrogen) atoms. The summed E-state index contributed by atoms with van der Waals surface area (Å²) in [5, 5.41) is 9.80. The second-order valence-corrected chi connectivity index (χ2v) is 7.25. The van der Waals surface area contributed by atoms with E-state index in [0.29, 0.717) is 12.3 Å². The van der Waals surface area contributed by atoms with E-state index in [1.165, 1.54) is 0 Å². The molecule has 0 aromatic rings. The maximum Gasteiger partial charge on any atom is 0.221 e. The average Bonchev–Trinajstić information content (AvgIpc) is 1.99. The molecule has 0 radical (unpaired) electrons. The predicted octanol–water partition coefficient (Wildman–Crippen LogP) is 1.06. The Hall–Kier alpha value is 0.350. The van der Waals surface area contributed by atoms with Crippen molar-refractivity contribution in [2.24, 2.45) is 5.92 Å². The minimum atomic E-state index is -3.28. The molecule has 0 saturated heterocycles. The first-order valence-corrected chi connectivity index (χ1v) is 7.21. The molecule has 0 fully saturated rings. The van der Waals surface area contributed by atoms with Crippen molar-refractivity contribution in [2.45, 2.75) is 32.8 Å². The zero-order valence-electron chi connectivity index (χ0n) is 8.75. The van der Waals surface area contributed by atoms with Gasteiger partial charge in [-0.15, -0.1) is 0 Å². The third-order valence-corrected chi connectivity index (χ3v) is 4.34. The maximum atomic E-state index is 11.1. The van der Waals surface area contributed by atoms with Crippen LogP contribution in [0.15, 0.2) is 0 Å². The minimum Gasteiger partial charge on any atom is -0.389 e. The number of halogens is 1. The number of rotatable bonds is 6. The van der Waals surface area contributed by atoms with E-state index in [1.54, 1.807) is 6.92 Å². The summed E-state index contributed by atoms with van der Waals surface area (Å²) in [4.78, 5) is 0. The van der Waals surface area contributed by atoms with Crippen LogP contribution in [0.5, 0.6) is 0 Å². The van der Waals surface area contributed by atoms with Crippen molar-refractivity contribution in [3.8, 4) is 0 Å². The van der Waals surface area contributed by atoms with Gasteiger partial charge in [0.1, 0.15) is 4.66 Å².